The van der Waals surface area contributed by atoms with Crippen molar-refractivity contribution >= 4 is 41.2 Å². The van der Waals surface area contributed by atoms with E-state index in [0.29, 0.717) is 11.2 Å². The fourth-order valence-corrected chi connectivity index (χ4v) is 4.93. The molecular weight excluding hydrogens is 492 g/mol. The number of aromatic nitrogens is 5. The number of ether oxygens (including phenoxy) is 3. The summed E-state index contributed by atoms with van der Waals surface area (Å²) < 4.78 is 16.7. The average Bonchev–Trinajstić information content (AvgIpc) is 3.16. The average molecular weight is 511 g/mol. The molecule has 0 amide bonds. The molecule has 3 saturated heterocycles. The summed E-state index contributed by atoms with van der Waals surface area (Å²) in [5, 5.41) is 56.3. The minimum Gasteiger partial charge on any atom is -0.505 e. The number of imidazole rings is 1. The molecule has 0 radical (unpaired) electrons. The van der Waals surface area contributed by atoms with E-state index in [1.807, 2.05) is 0 Å². The molecule has 1 saturated carbocycles. The Kier molecular flexibility index (Phi) is 4.83. The summed E-state index contributed by atoms with van der Waals surface area (Å²) in [6.07, 6.45) is 1.30. The van der Waals surface area contributed by atoms with Crippen LogP contribution in [0.1, 0.15) is 40.9 Å². The normalized spacial score (nSPS) is 33.0. The van der Waals surface area contributed by atoms with Gasteiger partial charge in [-0.3, -0.25) is 14.2 Å². The molecule has 0 unspecified atom stereocenters. The number of aliphatic hydroxyl groups is 3. The molecule has 1 aliphatic carbocycles. The molecule has 35 heavy (non-hydrogen) atoms. The highest BCUT2D eigenvalue weighted by Crippen LogP contribution is 2.62. The number of carboxylic acids is 1. The van der Waals surface area contributed by atoms with Crippen molar-refractivity contribution < 1.29 is 44.5 Å². The summed E-state index contributed by atoms with van der Waals surface area (Å²) in [6, 6.07) is 0. The Morgan fingerprint density at radius 2 is 1.63 bits per heavy atom. The molecule has 16 heteroatoms. The Labute approximate surface area is 201 Å². The van der Waals surface area contributed by atoms with Crippen LogP contribution in [-0.4, -0.2) is 73.8 Å². The molecule has 0 atom stereocenters. The second-order valence-electron chi connectivity index (χ2n) is 8.63. The number of carbonyl (C=O) groups is 1. The molecule has 3 aliphatic heterocycles. The molecule has 0 aromatic carbocycles. The van der Waals surface area contributed by atoms with Gasteiger partial charge in [0.15, 0.2) is 28.8 Å². The number of nitrogens with one attached hydrogen (secondary N) is 2. The largest absolute Gasteiger partial charge is 0.505 e. The number of anilines is 2. The molecule has 3 aromatic rings. The van der Waals surface area contributed by atoms with Crippen LogP contribution in [0, 0.1) is 6.92 Å². The first kappa shape index (κ1) is 23.6. The lowest BCUT2D eigenvalue weighted by molar-refractivity contribution is -0.636. The number of hydrogen-bond acceptors (Lipinski definition) is 13. The second-order valence-corrected chi connectivity index (χ2v) is 8.63. The van der Waals surface area contributed by atoms with Gasteiger partial charge < -0.3 is 35.8 Å². The smallest absolute Gasteiger partial charge is 0.340 e. The Morgan fingerprint density at radius 3 is 2.20 bits per heavy atom. The zero-order valence-corrected chi connectivity index (χ0v) is 18.7. The number of rotatable bonds is 4. The highest BCUT2D eigenvalue weighted by Gasteiger charge is 2.73. The van der Waals surface area contributed by atoms with Gasteiger partial charge in [0.25, 0.3) is 0 Å². The number of carboxylic acid groups (broad SMARTS) is 1. The lowest BCUT2D eigenvalue weighted by Gasteiger charge is -2.63. The first-order valence-corrected chi connectivity index (χ1v) is 10.1. The highest BCUT2D eigenvalue weighted by molar-refractivity contribution is 5.98. The van der Waals surface area contributed by atoms with E-state index >= 15 is 0 Å². The van der Waals surface area contributed by atoms with Gasteiger partial charge in [-0.2, -0.15) is 0 Å². The molecule has 4 bridgehead atoms. The predicted molar refractivity (Wildman–Crippen MR) is 113 cm³/mol. The lowest BCUT2D eigenvalue weighted by Crippen LogP contribution is -2.75. The predicted octanol–water partition coefficient (Wildman–Crippen LogP) is 0.0625. The van der Waals surface area contributed by atoms with Gasteiger partial charge in [-0.15, -0.1) is 12.4 Å². The number of aromatic hydroxyl groups is 1. The van der Waals surface area contributed by atoms with E-state index in [2.05, 4.69) is 30.2 Å². The van der Waals surface area contributed by atoms with Crippen LogP contribution in [0.25, 0.3) is 11.2 Å². The van der Waals surface area contributed by atoms with E-state index in [0.717, 1.165) is 0 Å². The number of hydrogen-bond donors (Lipinski definition) is 7. The summed E-state index contributed by atoms with van der Waals surface area (Å²) in [6.45, 7) is 1.38. The number of H-pyrrole nitrogens is 1. The zero-order valence-electron chi connectivity index (χ0n) is 17.8. The highest BCUT2D eigenvalue weighted by atomic mass is 35.5. The molecule has 7 N–H and O–H groups in total. The number of aromatic carboxylic acids is 1. The van der Waals surface area contributed by atoms with Crippen LogP contribution in [0.5, 0.6) is 5.75 Å². The number of nitrogens with zero attached hydrogens (tertiary/aromatic N) is 4. The first-order chi connectivity index (χ1) is 15.9. The SMILES string of the molecule is Cc1nc(Nc2ncnc3nc[nH]c23)c(C(=O)O)c(C23OC4(O)CC(O)(CC(O)(C4)O2)O3)c1O.Cl. The number of fused-ring (bicyclic) bond motifs is 1. The molecule has 7 rings (SSSR count). The van der Waals surface area contributed by atoms with Crippen molar-refractivity contribution in [3.05, 3.63) is 29.5 Å². The fraction of sp³-hybridized carbons (Fsp3) is 0.421. The van der Waals surface area contributed by atoms with Crippen molar-refractivity contribution in [2.24, 2.45) is 0 Å². The maximum absolute atomic E-state index is 12.4. The fourth-order valence-electron chi connectivity index (χ4n) is 4.93. The molecule has 6 heterocycles. The van der Waals surface area contributed by atoms with Crippen LogP contribution in [0.4, 0.5) is 11.6 Å². The Morgan fingerprint density at radius 1 is 1.03 bits per heavy atom. The van der Waals surface area contributed by atoms with Crippen LogP contribution in [0.15, 0.2) is 12.7 Å². The van der Waals surface area contributed by atoms with Gasteiger partial charge >= 0.3 is 11.9 Å². The van der Waals surface area contributed by atoms with Crippen LogP contribution >= 0.6 is 12.4 Å². The van der Waals surface area contributed by atoms with Gasteiger partial charge in [-0.25, -0.2) is 24.7 Å². The number of pyridine rings is 1. The third kappa shape index (κ3) is 3.40. The maximum Gasteiger partial charge on any atom is 0.340 e. The Bertz CT molecular complexity index is 1330. The monoisotopic (exact) mass is 510 g/mol. The van der Waals surface area contributed by atoms with Gasteiger partial charge in [0.1, 0.15) is 34.5 Å². The summed E-state index contributed by atoms with van der Waals surface area (Å²) in [7, 11) is 0. The molecular formula is C19H19ClN6O9. The third-order valence-electron chi connectivity index (χ3n) is 5.96. The summed E-state index contributed by atoms with van der Waals surface area (Å²) in [4.78, 5) is 31.5. The van der Waals surface area contributed by atoms with Crippen LogP contribution in [0.2, 0.25) is 0 Å². The number of aryl methyl sites for hydroxylation is 1. The van der Waals surface area contributed by atoms with Gasteiger partial charge in [-0.05, 0) is 6.92 Å². The third-order valence-corrected chi connectivity index (χ3v) is 5.96. The van der Waals surface area contributed by atoms with Crippen molar-refractivity contribution in [1.29, 1.82) is 0 Å². The van der Waals surface area contributed by atoms with Crippen molar-refractivity contribution in [1.82, 2.24) is 24.9 Å². The summed E-state index contributed by atoms with van der Waals surface area (Å²) in [5.74, 6) is -11.5. The summed E-state index contributed by atoms with van der Waals surface area (Å²) in [5.41, 5.74) is -0.710. The van der Waals surface area contributed by atoms with Crippen molar-refractivity contribution in [3.8, 4) is 5.75 Å². The molecule has 4 aliphatic rings. The van der Waals surface area contributed by atoms with Gasteiger partial charge in [-0.1, -0.05) is 0 Å². The van der Waals surface area contributed by atoms with E-state index < -0.39 is 65.4 Å². The van der Waals surface area contributed by atoms with E-state index in [1.54, 1.807) is 0 Å². The molecule has 4 fully saturated rings. The van der Waals surface area contributed by atoms with Gasteiger partial charge in [0.05, 0.1) is 31.3 Å². The van der Waals surface area contributed by atoms with Crippen molar-refractivity contribution in [2.45, 2.75) is 49.5 Å². The van der Waals surface area contributed by atoms with Crippen LogP contribution < -0.4 is 5.32 Å². The van der Waals surface area contributed by atoms with Crippen molar-refractivity contribution in [2.75, 3.05) is 5.32 Å². The van der Waals surface area contributed by atoms with Crippen molar-refractivity contribution in [3.63, 3.8) is 0 Å². The van der Waals surface area contributed by atoms with E-state index in [4.69, 9.17) is 14.2 Å². The minimum absolute atomic E-state index is 0. The Balaban J connectivity index is 0.00000253. The number of halogens is 1. The van der Waals surface area contributed by atoms with Gasteiger partial charge in [0.2, 0.25) is 0 Å². The maximum atomic E-state index is 12.4. The van der Waals surface area contributed by atoms with Crippen LogP contribution in [-0.2, 0) is 20.2 Å². The van der Waals surface area contributed by atoms with Gasteiger partial charge in [0, 0.05) is 0 Å². The lowest BCUT2D eigenvalue weighted by atomic mass is 9.80. The number of aromatic amines is 1. The van der Waals surface area contributed by atoms with E-state index in [-0.39, 0.29) is 29.7 Å². The molecule has 186 valence electrons. The summed E-state index contributed by atoms with van der Waals surface area (Å²) >= 11 is 0. The first-order valence-electron chi connectivity index (χ1n) is 10.1. The quantitative estimate of drug-likeness (QED) is 0.246. The molecule has 15 nitrogen and oxygen atoms in total. The standard InChI is InChI=1S/C19H18N6O9.ClH/c1-7-11(26)9(19-32-16(29)2-17(30,33-19)4-18(31,3-16)34-19)8(15(27)28)12(24-7)25-14-10-13(21-5-20-10)22-6-23-14;/h5-6,26,29-31H,2-4H2,1H3,(H,27,28)(H2,20,21,22,23,24,25);1H. The second kappa shape index (κ2) is 7.17. The Hall–Kier alpha value is -3.18. The topological polar surface area (TPSA) is 225 Å². The van der Waals surface area contributed by atoms with Crippen LogP contribution in [0.3, 0.4) is 0 Å². The van der Waals surface area contributed by atoms with E-state index in [1.165, 1.54) is 19.6 Å². The minimum atomic E-state index is -2.66. The van der Waals surface area contributed by atoms with E-state index in [9.17, 15) is 30.3 Å². The zero-order chi connectivity index (χ0) is 24.1. The molecule has 0 spiro atoms. The molecule has 3 aromatic heterocycles.